The molecule has 0 aromatic carbocycles. The van der Waals surface area contributed by atoms with E-state index >= 15 is 0 Å². The van der Waals surface area contributed by atoms with Crippen LogP contribution >= 0.6 is 0 Å². The zero-order valence-electron chi connectivity index (χ0n) is 7.41. The monoisotopic (exact) mass is 167 g/mol. The second-order valence-electron chi connectivity index (χ2n) is 4.14. The fraction of sp³-hybridized carbons (Fsp3) is 0.778. The lowest BCUT2D eigenvalue weighted by Gasteiger charge is -2.33. The van der Waals surface area contributed by atoms with Gasteiger partial charge in [0.15, 0.2) is 5.54 Å². The summed E-state index contributed by atoms with van der Waals surface area (Å²) in [4.78, 5) is 11.1. The van der Waals surface area contributed by atoms with Crippen molar-refractivity contribution in [3.8, 4) is 0 Å². The van der Waals surface area contributed by atoms with Gasteiger partial charge in [0.25, 0.3) is 0 Å². The number of carbonyl (C=O) groups is 1. The van der Waals surface area contributed by atoms with E-state index in [4.69, 9.17) is 0 Å². The Morgan fingerprint density at radius 1 is 1.75 bits per heavy atom. The summed E-state index contributed by atoms with van der Waals surface area (Å²) in [6, 6.07) is 0. The first-order valence-corrected chi connectivity index (χ1v) is 4.40. The van der Waals surface area contributed by atoms with Gasteiger partial charge in [-0.25, -0.2) is 0 Å². The third-order valence-corrected chi connectivity index (χ3v) is 3.40. The number of nitrogens with zero attached hydrogens (tertiary/aromatic N) is 1. The summed E-state index contributed by atoms with van der Waals surface area (Å²) in [6.45, 7) is 3.98. The number of amides is 1. The van der Waals surface area contributed by atoms with Gasteiger partial charge < -0.3 is 10.3 Å². The molecular formula is C9H13NO2. The standard InChI is InChI=1S/C9H13NO2/c1-6-3-4-9(2)7(6)5-8(11)10(9)12/h4,6-7H,3,5H2,1-2H3/t6-,7?,9-/m1/s1. The molecule has 1 aliphatic heterocycles. The smallest absolute Gasteiger partial charge is 0.216 e. The lowest BCUT2D eigenvalue weighted by atomic mass is 9.86. The number of hydrogen-bond donors (Lipinski definition) is 0. The van der Waals surface area contributed by atoms with E-state index in [2.05, 4.69) is 6.92 Å². The van der Waals surface area contributed by atoms with Crippen molar-refractivity contribution in [2.75, 3.05) is 0 Å². The molecule has 12 heavy (non-hydrogen) atoms. The van der Waals surface area contributed by atoms with Crippen molar-refractivity contribution in [3.63, 3.8) is 0 Å². The normalized spacial score (nSPS) is 46.2. The lowest BCUT2D eigenvalue weighted by Crippen LogP contribution is -2.40. The molecule has 0 N–H and O–H groups in total. The third kappa shape index (κ3) is 0.746. The van der Waals surface area contributed by atoms with Gasteiger partial charge in [0.1, 0.15) is 6.42 Å². The molecule has 1 aliphatic carbocycles. The maximum atomic E-state index is 11.4. The highest BCUT2D eigenvalue weighted by Gasteiger charge is 2.58. The summed E-state index contributed by atoms with van der Waals surface area (Å²) in [5.41, 5.74) is -0.490. The maximum absolute atomic E-state index is 11.4. The second kappa shape index (κ2) is 2.16. The first-order chi connectivity index (χ1) is 5.55. The van der Waals surface area contributed by atoms with Crippen molar-refractivity contribution in [1.29, 1.82) is 0 Å². The van der Waals surface area contributed by atoms with Crippen molar-refractivity contribution in [2.24, 2.45) is 11.8 Å². The molecule has 0 aromatic heterocycles. The van der Waals surface area contributed by atoms with Crippen LogP contribution in [0.1, 0.15) is 26.7 Å². The zero-order chi connectivity index (χ0) is 8.93. The third-order valence-electron chi connectivity index (χ3n) is 3.40. The molecule has 66 valence electrons. The second-order valence-corrected chi connectivity index (χ2v) is 4.14. The fourth-order valence-electron chi connectivity index (χ4n) is 2.50. The molecule has 3 heteroatoms. The zero-order valence-corrected chi connectivity index (χ0v) is 7.41. The molecule has 0 aromatic rings. The molecule has 2 aliphatic rings. The highest BCUT2D eigenvalue weighted by atomic mass is 16.5. The van der Waals surface area contributed by atoms with Crippen LogP contribution in [0.3, 0.4) is 0 Å². The van der Waals surface area contributed by atoms with E-state index in [0.717, 1.165) is 6.42 Å². The van der Waals surface area contributed by atoms with Crippen LogP contribution in [-0.4, -0.2) is 16.5 Å². The molecule has 0 bridgehead atoms. The fourth-order valence-corrected chi connectivity index (χ4v) is 2.50. The number of carbonyl (C=O) groups excluding carboxylic acids is 1. The molecule has 1 unspecified atom stereocenters. The van der Waals surface area contributed by atoms with Crippen LogP contribution in [0.5, 0.6) is 0 Å². The average Bonchev–Trinajstić information content (AvgIpc) is 2.42. The highest BCUT2D eigenvalue weighted by molar-refractivity contribution is 5.81. The van der Waals surface area contributed by atoms with Crippen molar-refractivity contribution in [1.82, 2.24) is 5.06 Å². The molecule has 0 radical (unpaired) electrons. The number of fused-ring (bicyclic) bond motifs is 1. The summed E-state index contributed by atoms with van der Waals surface area (Å²) in [6.07, 6.45) is 3.41. The first kappa shape index (κ1) is 7.92. The number of rotatable bonds is 0. The number of hydrogen-bond acceptors (Lipinski definition) is 2. The summed E-state index contributed by atoms with van der Waals surface area (Å²) >= 11 is 0. The number of hydroxylamine groups is 2. The Bertz CT molecular complexity index is 229. The lowest BCUT2D eigenvalue weighted by molar-refractivity contribution is -0.127. The van der Waals surface area contributed by atoms with E-state index in [1.165, 1.54) is 0 Å². The van der Waals surface area contributed by atoms with Crippen LogP contribution < -0.4 is 0 Å². The van der Waals surface area contributed by atoms with E-state index < -0.39 is 5.54 Å². The van der Waals surface area contributed by atoms with Gasteiger partial charge >= 0.3 is 0 Å². The molecular weight excluding hydrogens is 154 g/mol. The topological polar surface area (TPSA) is 43.4 Å². The predicted octanol–water partition coefficient (Wildman–Crippen LogP) is 1.34. The summed E-state index contributed by atoms with van der Waals surface area (Å²) in [5.74, 6) is 0.491. The Morgan fingerprint density at radius 2 is 2.42 bits per heavy atom. The average molecular weight is 167 g/mol. The van der Waals surface area contributed by atoms with Crippen LogP contribution in [0.15, 0.2) is 0 Å². The Balaban J connectivity index is 2.31. The molecule has 1 amide bonds. The quantitative estimate of drug-likeness (QED) is 0.511. The van der Waals surface area contributed by atoms with Gasteiger partial charge in [-0.05, 0) is 0 Å². The van der Waals surface area contributed by atoms with Gasteiger partial charge in [0.05, 0.1) is 6.42 Å². The van der Waals surface area contributed by atoms with Gasteiger partial charge in [0.2, 0.25) is 5.91 Å². The van der Waals surface area contributed by atoms with E-state index in [1.807, 2.05) is 13.3 Å². The molecule has 1 heterocycles. The Labute approximate surface area is 72.3 Å². The first-order valence-electron chi connectivity index (χ1n) is 4.40. The largest absolute Gasteiger partial charge is 0.753 e. The van der Waals surface area contributed by atoms with E-state index in [0.29, 0.717) is 17.4 Å². The Hall–Kier alpha value is -0.700. The van der Waals surface area contributed by atoms with Crippen LogP contribution in [-0.2, 0) is 4.79 Å². The van der Waals surface area contributed by atoms with Gasteiger partial charge in [-0.2, -0.15) is 0 Å². The van der Waals surface area contributed by atoms with Crippen LogP contribution in [0.25, 0.3) is 0 Å². The Morgan fingerprint density at radius 3 is 3.00 bits per heavy atom. The van der Waals surface area contributed by atoms with Crippen molar-refractivity contribution >= 4 is 5.91 Å². The summed E-state index contributed by atoms with van der Waals surface area (Å²) in [7, 11) is 0. The van der Waals surface area contributed by atoms with Crippen LogP contribution in [0, 0.1) is 23.5 Å². The van der Waals surface area contributed by atoms with Crippen molar-refractivity contribution in [2.45, 2.75) is 32.2 Å². The molecule has 1 saturated carbocycles. The van der Waals surface area contributed by atoms with E-state index in [-0.39, 0.29) is 11.8 Å². The minimum absolute atomic E-state index is 0.245. The minimum atomic E-state index is -0.490. The van der Waals surface area contributed by atoms with E-state index in [1.54, 1.807) is 0 Å². The predicted molar refractivity (Wildman–Crippen MR) is 44.8 cm³/mol. The summed E-state index contributed by atoms with van der Waals surface area (Å²) in [5, 5.41) is 12.1. The molecule has 2 rings (SSSR count). The Kier molecular flexibility index (Phi) is 1.43. The van der Waals surface area contributed by atoms with Crippen LogP contribution in [0.4, 0.5) is 0 Å². The van der Waals surface area contributed by atoms with Gasteiger partial charge in [0, 0.05) is 25.2 Å². The maximum Gasteiger partial charge on any atom is 0.216 e. The molecule has 2 fully saturated rings. The molecule has 3 atom stereocenters. The minimum Gasteiger partial charge on any atom is -0.753 e. The van der Waals surface area contributed by atoms with Crippen molar-refractivity contribution < 1.29 is 4.79 Å². The van der Waals surface area contributed by atoms with Gasteiger partial charge in [-0.1, -0.05) is 6.92 Å². The van der Waals surface area contributed by atoms with Gasteiger partial charge in [-0.15, -0.1) is 0 Å². The molecule has 1 saturated heterocycles. The molecule has 0 spiro atoms. The highest BCUT2D eigenvalue weighted by Crippen LogP contribution is 2.49. The molecule has 3 nitrogen and oxygen atoms in total. The summed E-state index contributed by atoms with van der Waals surface area (Å²) < 4.78 is 0. The SMILES string of the molecule is C[C@@H]1C[CH+][C@]2(C)C1CC(=O)N2[O-]. The van der Waals surface area contributed by atoms with Crippen LogP contribution in [0.2, 0.25) is 0 Å². The van der Waals surface area contributed by atoms with E-state index in [9.17, 15) is 10.0 Å². The van der Waals surface area contributed by atoms with Crippen molar-refractivity contribution in [3.05, 3.63) is 11.6 Å². The van der Waals surface area contributed by atoms with Gasteiger partial charge in [-0.3, -0.25) is 4.79 Å².